The van der Waals surface area contributed by atoms with Crippen molar-refractivity contribution in [2.75, 3.05) is 13.7 Å². The summed E-state index contributed by atoms with van der Waals surface area (Å²) in [4.78, 5) is 16.7. The van der Waals surface area contributed by atoms with Crippen molar-refractivity contribution in [1.82, 2.24) is 4.98 Å². The van der Waals surface area contributed by atoms with Crippen molar-refractivity contribution in [1.29, 1.82) is 0 Å². The number of nitrogens with zero attached hydrogens (tertiary/aromatic N) is 1. The van der Waals surface area contributed by atoms with Gasteiger partial charge in [0.25, 0.3) is 0 Å². The number of rotatable bonds is 7. The smallest absolute Gasteiger partial charge is 0.363 e. The Morgan fingerprint density at radius 3 is 2.31 bits per heavy atom. The van der Waals surface area contributed by atoms with E-state index in [1.54, 1.807) is 36.8 Å². The summed E-state index contributed by atoms with van der Waals surface area (Å²) in [5.41, 5.74) is 1.21. The van der Waals surface area contributed by atoms with Crippen LogP contribution in [0.4, 0.5) is 0 Å². The van der Waals surface area contributed by atoms with E-state index in [2.05, 4.69) is 4.98 Å². The number of esters is 1. The first kappa shape index (κ1) is 17.9. The second kappa shape index (κ2) is 8.49. The molecule has 0 aliphatic carbocycles. The monoisotopic (exact) mass is 369 g/mol. The lowest BCUT2D eigenvalue weighted by atomic mass is 10.2. The molecule has 0 saturated carbocycles. The molecule has 0 saturated heterocycles. The quantitative estimate of drug-likeness (QED) is 0.441. The maximum atomic E-state index is 12.3. The highest BCUT2D eigenvalue weighted by Gasteiger charge is 2.14. The minimum Gasteiger partial charge on any atom is -0.497 e. The maximum Gasteiger partial charge on any atom is 0.363 e. The number of aromatic nitrogens is 1. The Morgan fingerprint density at radius 2 is 1.65 bits per heavy atom. The van der Waals surface area contributed by atoms with Gasteiger partial charge in [-0.25, -0.2) is 9.78 Å². The molecule has 0 aliphatic heterocycles. The van der Waals surface area contributed by atoms with E-state index in [1.165, 1.54) is 11.3 Å². The third kappa shape index (κ3) is 4.40. The standard InChI is InChI=1S/C20H19NO4S/c1-3-12-24-16-8-10-17(11-9-16)25-20(22)18-13-26-19(21-18)14-4-6-15(23-2)7-5-14/h4-11,13H,3,12H2,1-2H3. The van der Waals surface area contributed by atoms with E-state index >= 15 is 0 Å². The molecule has 0 amide bonds. The Hall–Kier alpha value is -2.86. The van der Waals surface area contributed by atoms with Gasteiger partial charge >= 0.3 is 5.97 Å². The zero-order valence-corrected chi connectivity index (χ0v) is 15.4. The second-order valence-corrected chi connectivity index (χ2v) is 6.33. The molecule has 0 radical (unpaired) electrons. The van der Waals surface area contributed by atoms with Crippen LogP contribution in [0.25, 0.3) is 10.6 Å². The van der Waals surface area contributed by atoms with Crippen LogP contribution in [0.3, 0.4) is 0 Å². The first-order chi connectivity index (χ1) is 12.7. The fourth-order valence-electron chi connectivity index (χ4n) is 2.22. The summed E-state index contributed by atoms with van der Waals surface area (Å²) >= 11 is 1.39. The number of carbonyl (C=O) groups is 1. The number of thiazole rings is 1. The molecule has 6 heteroatoms. The maximum absolute atomic E-state index is 12.3. The average Bonchev–Trinajstić information content (AvgIpc) is 3.18. The summed E-state index contributed by atoms with van der Waals surface area (Å²) in [5.74, 6) is 1.50. The van der Waals surface area contributed by atoms with Gasteiger partial charge < -0.3 is 14.2 Å². The summed E-state index contributed by atoms with van der Waals surface area (Å²) in [7, 11) is 1.62. The number of hydrogen-bond acceptors (Lipinski definition) is 6. The lowest BCUT2D eigenvalue weighted by molar-refractivity contribution is 0.0729. The molecule has 1 heterocycles. The molecule has 0 spiro atoms. The summed E-state index contributed by atoms with van der Waals surface area (Å²) in [6.45, 7) is 2.70. The number of methoxy groups -OCH3 is 1. The number of hydrogen-bond donors (Lipinski definition) is 0. The lowest BCUT2D eigenvalue weighted by Gasteiger charge is -2.06. The van der Waals surface area contributed by atoms with Gasteiger partial charge in [-0.15, -0.1) is 11.3 Å². The number of ether oxygens (including phenoxy) is 3. The van der Waals surface area contributed by atoms with Crippen LogP contribution in [-0.2, 0) is 0 Å². The van der Waals surface area contributed by atoms with Crippen LogP contribution < -0.4 is 14.2 Å². The van der Waals surface area contributed by atoms with Crippen molar-refractivity contribution < 1.29 is 19.0 Å². The predicted molar refractivity (Wildman–Crippen MR) is 101 cm³/mol. The van der Waals surface area contributed by atoms with Gasteiger partial charge in [0.05, 0.1) is 13.7 Å². The Labute approximate surface area is 156 Å². The minimum absolute atomic E-state index is 0.284. The summed E-state index contributed by atoms with van der Waals surface area (Å²) in [6, 6.07) is 14.5. The van der Waals surface area contributed by atoms with Crippen LogP contribution in [0, 0.1) is 0 Å². The molecule has 2 aromatic carbocycles. The minimum atomic E-state index is -0.483. The number of benzene rings is 2. The molecule has 26 heavy (non-hydrogen) atoms. The molecule has 0 N–H and O–H groups in total. The Bertz CT molecular complexity index is 856. The highest BCUT2D eigenvalue weighted by molar-refractivity contribution is 7.13. The van der Waals surface area contributed by atoms with Crippen LogP contribution in [0.15, 0.2) is 53.9 Å². The van der Waals surface area contributed by atoms with Gasteiger partial charge in [0.15, 0.2) is 5.69 Å². The third-order valence-electron chi connectivity index (χ3n) is 3.56. The summed E-state index contributed by atoms with van der Waals surface area (Å²) in [5, 5.41) is 2.45. The molecular weight excluding hydrogens is 350 g/mol. The molecule has 0 atom stereocenters. The summed E-state index contributed by atoms with van der Waals surface area (Å²) in [6.07, 6.45) is 0.942. The van der Waals surface area contributed by atoms with Crippen LogP contribution in [0.1, 0.15) is 23.8 Å². The van der Waals surface area contributed by atoms with Gasteiger partial charge in [0.2, 0.25) is 0 Å². The molecule has 3 rings (SSSR count). The number of carbonyl (C=O) groups excluding carboxylic acids is 1. The van der Waals surface area contributed by atoms with Crippen LogP contribution in [-0.4, -0.2) is 24.7 Å². The van der Waals surface area contributed by atoms with Crippen LogP contribution in [0.2, 0.25) is 0 Å². The Balaban J connectivity index is 1.65. The van der Waals surface area contributed by atoms with Crippen LogP contribution >= 0.6 is 11.3 Å². The van der Waals surface area contributed by atoms with Crippen molar-refractivity contribution in [3.63, 3.8) is 0 Å². The predicted octanol–water partition coefficient (Wildman–Crippen LogP) is 4.83. The van der Waals surface area contributed by atoms with Crippen LogP contribution in [0.5, 0.6) is 17.2 Å². The van der Waals surface area contributed by atoms with E-state index < -0.39 is 5.97 Å². The zero-order chi connectivity index (χ0) is 18.4. The zero-order valence-electron chi connectivity index (χ0n) is 14.6. The molecule has 3 aromatic rings. The second-order valence-electron chi connectivity index (χ2n) is 5.48. The van der Waals surface area contributed by atoms with Crippen molar-refractivity contribution in [3.05, 3.63) is 59.6 Å². The van der Waals surface area contributed by atoms with E-state index in [1.807, 2.05) is 31.2 Å². The average molecular weight is 369 g/mol. The molecular formula is C20H19NO4S. The first-order valence-corrected chi connectivity index (χ1v) is 9.12. The molecule has 0 aliphatic rings. The van der Waals surface area contributed by atoms with E-state index in [0.717, 1.165) is 28.5 Å². The highest BCUT2D eigenvalue weighted by atomic mass is 32.1. The highest BCUT2D eigenvalue weighted by Crippen LogP contribution is 2.26. The Kier molecular flexibility index (Phi) is 5.86. The molecule has 134 valence electrons. The van der Waals surface area contributed by atoms with Crippen molar-refractivity contribution >= 4 is 17.3 Å². The molecule has 0 bridgehead atoms. The topological polar surface area (TPSA) is 57.7 Å². The SMILES string of the molecule is CCCOc1ccc(OC(=O)c2csc(-c3ccc(OC)cc3)n2)cc1. The molecule has 1 aromatic heterocycles. The van der Waals surface area contributed by atoms with Gasteiger partial charge in [-0.3, -0.25) is 0 Å². The largest absolute Gasteiger partial charge is 0.497 e. The first-order valence-electron chi connectivity index (χ1n) is 8.24. The fraction of sp³-hybridized carbons (Fsp3) is 0.200. The van der Waals surface area contributed by atoms with Crippen molar-refractivity contribution in [3.8, 4) is 27.8 Å². The van der Waals surface area contributed by atoms with Gasteiger partial charge in [0.1, 0.15) is 22.3 Å². The van der Waals surface area contributed by atoms with E-state index in [4.69, 9.17) is 14.2 Å². The Morgan fingerprint density at radius 1 is 1.00 bits per heavy atom. The van der Waals surface area contributed by atoms with E-state index in [-0.39, 0.29) is 5.69 Å². The van der Waals surface area contributed by atoms with Gasteiger partial charge in [-0.1, -0.05) is 6.92 Å². The van der Waals surface area contributed by atoms with Gasteiger partial charge in [-0.2, -0.15) is 0 Å². The van der Waals surface area contributed by atoms with E-state index in [0.29, 0.717) is 12.4 Å². The lowest BCUT2D eigenvalue weighted by Crippen LogP contribution is -2.08. The molecule has 0 unspecified atom stereocenters. The van der Waals surface area contributed by atoms with Crippen molar-refractivity contribution in [2.45, 2.75) is 13.3 Å². The van der Waals surface area contributed by atoms with E-state index in [9.17, 15) is 4.79 Å². The molecule has 0 fully saturated rings. The third-order valence-corrected chi connectivity index (χ3v) is 4.45. The van der Waals surface area contributed by atoms with Gasteiger partial charge in [0, 0.05) is 10.9 Å². The van der Waals surface area contributed by atoms with Gasteiger partial charge in [-0.05, 0) is 55.0 Å². The normalized spacial score (nSPS) is 10.4. The molecule has 5 nitrogen and oxygen atoms in total. The van der Waals surface area contributed by atoms with Crippen molar-refractivity contribution in [2.24, 2.45) is 0 Å². The summed E-state index contributed by atoms with van der Waals surface area (Å²) < 4.78 is 16.0. The fourth-order valence-corrected chi connectivity index (χ4v) is 3.01.